The van der Waals surface area contributed by atoms with Gasteiger partial charge in [-0.1, -0.05) is 29.3 Å². The second-order valence-corrected chi connectivity index (χ2v) is 2.75. The van der Waals surface area contributed by atoms with Crippen LogP contribution >= 0.6 is 23.2 Å². The van der Waals surface area contributed by atoms with Crippen molar-refractivity contribution in [2.24, 2.45) is 11.5 Å². The maximum Gasteiger partial charge on any atom is 0.234 e. The highest BCUT2D eigenvalue weighted by Gasteiger charge is 2.05. The predicted molar refractivity (Wildman–Crippen MR) is 41.6 cm³/mol. The molecule has 4 N–H and O–H groups in total. The third-order valence-corrected chi connectivity index (χ3v) is 1.20. The molecule has 0 saturated heterocycles. The number of carbonyl (C=O) groups excluding carboxylic acids is 1. The van der Waals surface area contributed by atoms with Crippen LogP contribution in [0.1, 0.15) is 6.42 Å². The number of halogens is 2. The summed E-state index contributed by atoms with van der Waals surface area (Å²) in [5.74, 6) is -0.564. The molecule has 0 aromatic heterocycles. The molecule has 5 heteroatoms. The van der Waals surface area contributed by atoms with Gasteiger partial charge in [-0.3, -0.25) is 4.79 Å². The molecule has 0 fully saturated rings. The third kappa shape index (κ3) is 4.61. The maximum absolute atomic E-state index is 10.3. The fourth-order valence-corrected chi connectivity index (χ4v) is 0.510. The topological polar surface area (TPSA) is 69.1 Å². The number of rotatable bonds is 3. The van der Waals surface area contributed by atoms with Crippen molar-refractivity contribution >= 4 is 29.1 Å². The molecule has 1 unspecified atom stereocenters. The van der Waals surface area contributed by atoms with Crippen molar-refractivity contribution in [2.45, 2.75) is 12.5 Å². The molecule has 0 bridgehead atoms. The van der Waals surface area contributed by atoms with E-state index in [9.17, 15) is 4.79 Å². The Balaban J connectivity index is 3.70. The van der Waals surface area contributed by atoms with E-state index in [2.05, 4.69) is 0 Å². The third-order valence-electron chi connectivity index (χ3n) is 0.892. The smallest absolute Gasteiger partial charge is 0.234 e. The Morgan fingerprint density at radius 1 is 1.60 bits per heavy atom. The quantitative estimate of drug-likeness (QED) is 0.669. The molecule has 3 nitrogen and oxygen atoms in total. The summed E-state index contributed by atoms with van der Waals surface area (Å²) in [6.07, 6.45) is 1.70. The van der Waals surface area contributed by atoms with Crippen LogP contribution in [-0.4, -0.2) is 11.9 Å². The normalized spacial score (nSPS) is 12.3. The first kappa shape index (κ1) is 9.75. The molecular weight excluding hydrogens is 175 g/mol. The fourth-order valence-electron chi connectivity index (χ4n) is 0.332. The highest BCUT2D eigenvalue weighted by atomic mass is 35.5. The largest absolute Gasteiger partial charge is 0.368 e. The molecule has 1 atom stereocenters. The lowest BCUT2D eigenvalue weighted by atomic mass is 10.2. The van der Waals surface area contributed by atoms with E-state index in [-0.39, 0.29) is 10.9 Å². The summed E-state index contributed by atoms with van der Waals surface area (Å²) in [6.45, 7) is 0. The van der Waals surface area contributed by atoms with Gasteiger partial charge in [0.1, 0.15) is 4.49 Å². The molecule has 0 rings (SSSR count). The van der Waals surface area contributed by atoms with E-state index in [1.165, 1.54) is 6.08 Å². The first-order valence-electron chi connectivity index (χ1n) is 2.60. The molecule has 0 heterocycles. The van der Waals surface area contributed by atoms with Crippen molar-refractivity contribution in [1.29, 1.82) is 0 Å². The van der Waals surface area contributed by atoms with E-state index < -0.39 is 11.9 Å². The number of amides is 1. The highest BCUT2D eigenvalue weighted by Crippen LogP contribution is 2.07. The Bertz CT molecular complexity index is 154. The van der Waals surface area contributed by atoms with Crippen molar-refractivity contribution in [1.82, 2.24) is 0 Å². The van der Waals surface area contributed by atoms with Crippen LogP contribution in [0, 0.1) is 0 Å². The van der Waals surface area contributed by atoms with E-state index in [1.807, 2.05) is 0 Å². The van der Waals surface area contributed by atoms with E-state index >= 15 is 0 Å². The first-order valence-corrected chi connectivity index (χ1v) is 3.35. The van der Waals surface area contributed by atoms with Crippen LogP contribution in [0.2, 0.25) is 0 Å². The molecule has 0 aliphatic heterocycles. The molecule has 10 heavy (non-hydrogen) atoms. The first-order chi connectivity index (χ1) is 4.54. The van der Waals surface area contributed by atoms with Gasteiger partial charge < -0.3 is 11.5 Å². The van der Waals surface area contributed by atoms with Crippen molar-refractivity contribution < 1.29 is 4.79 Å². The van der Waals surface area contributed by atoms with Gasteiger partial charge in [0, 0.05) is 0 Å². The van der Waals surface area contributed by atoms with Gasteiger partial charge in [0.25, 0.3) is 0 Å². The van der Waals surface area contributed by atoms with Gasteiger partial charge in [0.05, 0.1) is 6.04 Å². The lowest BCUT2D eigenvalue weighted by molar-refractivity contribution is -0.119. The molecule has 58 valence electrons. The average Bonchev–Trinajstić information content (AvgIpc) is 1.82. The summed E-state index contributed by atoms with van der Waals surface area (Å²) in [5, 5.41) is 0. The lowest BCUT2D eigenvalue weighted by Gasteiger charge is -2.00. The summed E-state index contributed by atoms with van der Waals surface area (Å²) in [4.78, 5) is 10.3. The van der Waals surface area contributed by atoms with Gasteiger partial charge in [-0.15, -0.1) is 0 Å². The van der Waals surface area contributed by atoms with Gasteiger partial charge in [-0.25, -0.2) is 0 Å². The van der Waals surface area contributed by atoms with Crippen LogP contribution in [-0.2, 0) is 4.79 Å². The number of hydrogen-bond donors (Lipinski definition) is 2. The van der Waals surface area contributed by atoms with Gasteiger partial charge in [0.2, 0.25) is 5.91 Å². The standard InChI is InChI=1S/C5H8Cl2N2O/c6-4(7)2-1-3(8)5(9)10/h2-3H,1,8H2,(H2,9,10). The number of hydrogen-bond acceptors (Lipinski definition) is 2. The summed E-state index contributed by atoms with van der Waals surface area (Å²) in [6, 6.07) is -0.701. The molecular formula is C5H8Cl2N2O. The molecule has 0 aliphatic rings. The summed E-state index contributed by atoms with van der Waals surface area (Å²) < 4.78 is 0.0942. The fraction of sp³-hybridized carbons (Fsp3) is 0.400. The second-order valence-electron chi connectivity index (χ2n) is 1.74. The van der Waals surface area contributed by atoms with Gasteiger partial charge >= 0.3 is 0 Å². The summed E-state index contributed by atoms with van der Waals surface area (Å²) in [7, 11) is 0. The molecule has 0 radical (unpaired) electrons. The summed E-state index contributed by atoms with van der Waals surface area (Å²) >= 11 is 10.5. The van der Waals surface area contributed by atoms with Crippen molar-refractivity contribution in [2.75, 3.05) is 0 Å². The van der Waals surface area contributed by atoms with Crippen molar-refractivity contribution in [3.8, 4) is 0 Å². The minimum Gasteiger partial charge on any atom is -0.368 e. The Kier molecular flexibility index (Phi) is 4.43. The van der Waals surface area contributed by atoms with Gasteiger partial charge in [-0.05, 0) is 6.42 Å². The molecule has 0 aliphatic carbocycles. The SMILES string of the molecule is NC(=O)C(N)CC=C(Cl)Cl. The highest BCUT2D eigenvalue weighted by molar-refractivity contribution is 6.55. The Hall–Kier alpha value is -0.250. The molecule has 1 amide bonds. The lowest BCUT2D eigenvalue weighted by Crippen LogP contribution is -2.35. The van der Waals surface area contributed by atoms with E-state index in [4.69, 9.17) is 34.7 Å². The van der Waals surface area contributed by atoms with E-state index in [0.717, 1.165) is 0 Å². The zero-order chi connectivity index (χ0) is 8.15. The van der Waals surface area contributed by atoms with Crippen LogP contribution < -0.4 is 11.5 Å². The molecule has 0 saturated carbocycles. The Morgan fingerprint density at radius 2 is 2.10 bits per heavy atom. The average molecular weight is 183 g/mol. The van der Waals surface area contributed by atoms with Crippen LogP contribution in [0.25, 0.3) is 0 Å². The molecule has 0 spiro atoms. The minimum atomic E-state index is -0.701. The molecule has 0 aromatic rings. The van der Waals surface area contributed by atoms with Crippen LogP contribution in [0.5, 0.6) is 0 Å². The maximum atomic E-state index is 10.3. The van der Waals surface area contributed by atoms with Crippen LogP contribution in [0.4, 0.5) is 0 Å². The summed E-state index contributed by atoms with van der Waals surface area (Å²) in [5.41, 5.74) is 10.1. The van der Waals surface area contributed by atoms with Crippen molar-refractivity contribution in [3.63, 3.8) is 0 Å². The van der Waals surface area contributed by atoms with E-state index in [1.54, 1.807) is 0 Å². The monoisotopic (exact) mass is 182 g/mol. The number of carbonyl (C=O) groups is 1. The van der Waals surface area contributed by atoms with Gasteiger partial charge in [0.15, 0.2) is 0 Å². The Labute approximate surface area is 69.0 Å². The van der Waals surface area contributed by atoms with Crippen molar-refractivity contribution in [3.05, 3.63) is 10.6 Å². The van der Waals surface area contributed by atoms with Gasteiger partial charge in [-0.2, -0.15) is 0 Å². The predicted octanol–water partition coefficient (Wildman–Crippen LogP) is 0.508. The van der Waals surface area contributed by atoms with Crippen LogP contribution in [0.3, 0.4) is 0 Å². The zero-order valence-electron chi connectivity index (χ0n) is 5.18. The Morgan fingerprint density at radius 3 is 2.40 bits per heavy atom. The number of primary amides is 1. The molecule has 0 aromatic carbocycles. The van der Waals surface area contributed by atoms with Crippen LogP contribution in [0.15, 0.2) is 10.6 Å². The van der Waals surface area contributed by atoms with E-state index in [0.29, 0.717) is 0 Å². The minimum absolute atomic E-state index is 0.0942. The second kappa shape index (κ2) is 4.55. The zero-order valence-corrected chi connectivity index (χ0v) is 6.69. The number of nitrogens with two attached hydrogens (primary N) is 2.